The van der Waals surface area contributed by atoms with Crippen molar-refractivity contribution in [2.24, 2.45) is 7.05 Å². The fourth-order valence-corrected chi connectivity index (χ4v) is 3.76. The summed E-state index contributed by atoms with van der Waals surface area (Å²) in [6, 6.07) is 8.70. The molecule has 0 aliphatic carbocycles. The molecular formula is C23H26N6O3. The van der Waals surface area contributed by atoms with Crippen LogP contribution >= 0.6 is 0 Å². The van der Waals surface area contributed by atoms with E-state index >= 15 is 0 Å². The van der Waals surface area contributed by atoms with Crippen molar-refractivity contribution in [2.45, 2.75) is 26.9 Å². The summed E-state index contributed by atoms with van der Waals surface area (Å²) in [5, 5.41) is 3.25. The second kappa shape index (κ2) is 8.88. The first-order chi connectivity index (χ1) is 15.3. The summed E-state index contributed by atoms with van der Waals surface area (Å²) in [6.07, 6.45) is 1.20. The Morgan fingerprint density at radius 3 is 2.50 bits per heavy atom. The van der Waals surface area contributed by atoms with E-state index in [0.717, 1.165) is 28.5 Å². The van der Waals surface area contributed by atoms with Gasteiger partial charge in [0.25, 0.3) is 5.91 Å². The van der Waals surface area contributed by atoms with Gasteiger partial charge >= 0.3 is 0 Å². The quantitative estimate of drug-likeness (QED) is 0.673. The van der Waals surface area contributed by atoms with Crippen LogP contribution in [-0.4, -0.2) is 50.0 Å². The molecule has 0 spiro atoms. The van der Waals surface area contributed by atoms with E-state index in [1.807, 2.05) is 39.0 Å². The smallest absolute Gasteiger partial charge is 0.255 e. The van der Waals surface area contributed by atoms with Gasteiger partial charge in [-0.3, -0.25) is 14.6 Å². The summed E-state index contributed by atoms with van der Waals surface area (Å²) in [5.74, 6) is 0.388. The lowest BCUT2D eigenvalue weighted by Crippen LogP contribution is -2.42. The largest absolute Gasteiger partial charge is 0.368 e. The predicted octanol–water partition coefficient (Wildman–Crippen LogP) is 2.45. The molecule has 0 saturated carbocycles. The highest BCUT2D eigenvalue weighted by molar-refractivity contribution is 5.94. The summed E-state index contributed by atoms with van der Waals surface area (Å²) in [6.45, 7) is 7.02. The number of pyridine rings is 2. The Kier molecular flexibility index (Phi) is 6.00. The number of ether oxygens (including phenoxy) is 1. The molecule has 1 atom stereocenters. The molecule has 32 heavy (non-hydrogen) atoms. The molecule has 1 aliphatic rings. The number of morpholine rings is 1. The molecule has 1 saturated heterocycles. The van der Waals surface area contributed by atoms with Crippen LogP contribution in [-0.2, 0) is 11.8 Å². The Bertz CT molecular complexity index is 1200. The number of carbonyl (C=O) groups excluding carboxylic acids is 1. The topological polar surface area (TPSA) is 102 Å². The minimum atomic E-state index is -0.360. The van der Waals surface area contributed by atoms with Crippen LogP contribution in [0.4, 0.5) is 11.6 Å². The van der Waals surface area contributed by atoms with E-state index in [1.54, 1.807) is 24.2 Å². The number of carbonyl (C=O) groups is 1. The molecule has 1 amide bonds. The van der Waals surface area contributed by atoms with Crippen molar-refractivity contribution in [3.8, 4) is 0 Å². The average Bonchev–Trinajstić information content (AvgIpc) is 2.74. The molecule has 4 heterocycles. The predicted molar refractivity (Wildman–Crippen MR) is 120 cm³/mol. The third kappa shape index (κ3) is 4.83. The highest BCUT2D eigenvalue weighted by Gasteiger charge is 2.27. The zero-order valence-corrected chi connectivity index (χ0v) is 18.6. The van der Waals surface area contributed by atoms with Crippen LogP contribution in [0.5, 0.6) is 0 Å². The normalized spacial score (nSPS) is 16.1. The molecule has 4 rings (SSSR count). The van der Waals surface area contributed by atoms with Gasteiger partial charge in [0.2, 0.25) is 11.5 Å². The standard InChI is InChI=1S/C23H26N6O3/c1-14-9-15(2)26-23(25-14)27-18-10-16(3)24-19(11-18)20-13-29(7-8-32-20)22(31)17-5-6-21(30)28(4)12-17/h5-6,9-12,20H,7-8,13H2,1-4H3,(H,24,25,26,27)/t20-/m1/s1. The van der Waals surface area contributed by atoms with Gasteiger partial charge in [0.15, 0.2) is 0 Å². The first-order valence-corrected chi connectivity index (χ1v) is 10.4. The number of nitrogens with zero attached hydrogens (tertiary/aromatic N) is 5. The van der Waals surface area contributed by atoms with Gasteiger partial charge in [-0.15, -0.1) is 0 Å². The first-order valence-electron chi connectivity index (χ1n) is 10.4. The van der Waals surface area contributed by atoms with Gasteiger partial charge in [-0.1, -0.05) is 0 Å². The minimum absolute atomic E-state index is 0.136. The van der Waals surface area contributed by atoms with Crippen LogP contribution in [0.25, 0.3) is 0 Å². The zero-order valence-electron chi connectivity index (χ0n) is 18.6. The van der Waals surface area contributed by atoms with E-state index in [1.165, 1.54) is 10.6 Å². The molecule has 1 aliphatic heterocycles. The summed E-state index contributed by atoms with van der Waals surface area (Å²) < 4.78 is 7.35. The Morgan fingerprint density at radius 2 is 1.78 bits per heavy atom. The molecule has 3 aromatic heterocycles. The molecule has 9 nitrogen and oxygen atoms in total. The molecule has 1 fully saturated rings. The zero-order chi connectivity index (χ0) is 22.8. The monoisotopic (exact) mass is 434 g/mol. The van der Waals surface area contributed by atoms with E-state index < -0.39 is 0 Å². The van der Waals surface area contributed by atoms with Crippen molar-refractivity contribution in [2.75, 3.05) is 25.0 Å². The van der Waals surface area contributed by atoms with Gasteiger partial charge in [-0.25, -0.2) is 9.97 Å². The lowest BCUT2D eigenvalue weighted by molar-refractivity contribution is -0.0247. The average molecular weight is 435 g/mol. The van der Waals surface area contributed by atoms with E-state index in [2.05, 4.69) is 20.3 Å². The van der Waals surface area contributed by atoms with E-state index in [0.29, 0.717) is 31.2 Å². The lowest BCUT2D eigenvalue weighted by atomic mass is 10.1. The highest BCUT2D eigenvalue weighted by atomic mass is 16.5. The Balaban J connectivity index is 1.54. The summed E-state index contributed by atoms with van der Waals surface area (Å²) in [7, 11) is 1.63. The molecule has 0 bridgehead atoms. The third-order valence-corrected chi connectivity index (χ3v) is 5.23. The summed E-state index contributed by atoms with van der Waals surface area (Å²) in [5.41, 5.74) is 4.44. The summed E-state index contributed by atoms with van der Waals surface area (Å²) >= 11 is 0. The van der Waals surface area contributed by atoms with Gasteiger partial charge in [0, 0.05) is 48.6 Å². The molecule has 0 radical (unpaired) electrons. The molecule has 1 N–H and O–H groups in total. The molecule has 0 aromatic carbocycles. The van der Waals surface area contributed by atoms with E-state index in [9.17, 15) is 9.59 Å². The molecule has 3 aromatic rings. The van der Waals surface area contributed by atoms with Crippen molar-refractivity contribution in [1.82, 2.24) is 24.4 Å². The van der Waals surface area contributed by atoms with E-state index in [4.69, 9.17) is 4.74 Å². The van der Waals surface area contributed by atoms with E-state index in [-0.39, 0.29) is 17.6 Å². The molecule has 166 valence electrons. The highest BCUT2D eigenvalue weighted by Crippen LogP contribution is 2.26. The maximum atomic E-state index is 13.0. The number of aryl methyl sites for hydroxylation is 4. The first kappa shape index (κ1) is 21.6. The second-order valence-electron chi connectivity index (χ2n) is 8.00. The molecule has 0 unspecified atom stereocenters. The maximum absolute atomic E-state index is 13.0. The van der Waals surface area contributed by atoms with Gasteiger partial charge in [-0.05, 0) is 45.0 Å². The van der Waals surface area contributed by atoms with Crippen molar-refractivity contribution >= 4 is 17.5 Å². The number of nitrogens with one attached hydrogen (secondary N) is 1. The second-order valence-corrected chi connectivity index (χ2v) is 8.00. The van der Waals surface area contributed by atoms with Crippen molar-refractivity contribution in [3.63, 3.8) is 0 Å². The van der Waals surface area contributed by atoms with Crippen molar-refractivity contribution in [1.29, 1.82) is 0 Å². The van der Waals surface area contributed by atoms with Gasteiger partial charge < -0.3 is 19.5 Å². The van der Waals surface area contributed by atoms with Gasteiger partial charge in [-0.2, -0.15) is 0 Å². The van der Waals surface area contributed by atoms with Crippen LogP contribution in [0.15, 0.2) is 41.3 Å². The Labute approximate surface area is 186 Å². The number of anilines is 2. The van der Waals surface area contributed by atoms with Gasteiger partial charge in [0.05, 0.1) is 24.4 Å². The van der Waals surface area contributed by atoms with Gasteiger partial charge in [0.1, 0.15) is 6.10 Å². The van der Waals surface area contributed by atoms with Crippen LogP contribution in [0.1, 0.15) is 39.2 Å². The maximum Gasteiger partial charge on any atom is 0.255 e. The van der Waals surface area contributed by atoms with Crippen LogP contribution in [0, 0.1) is 20.8 Å². The minimum Gasteiger partial charge on any atom is -0.368 e. The molecule has 9 heteroatoms. The number of hydrogen-bond donors (Lipinski definition) is 1. The lowest BCUT2D eigenvalue weighted by Gasteiger charge is -2.33. The number of hydrogen-bond acceptors (Lipinski definition) is 7. The summed E-state index contributed by atoms with van der Waals surface area (Å²) in [4.78, 5) is 39.9. The third-order valence-electron chi connectivity index (χ3n) is 5.23. The number of aromatic nitrogens is 4. The fourth-order valence-electron chi connectivity index (χ4n) is 3.76. The number of amides is 1. The SMILES string of the molecule is Cc1cc(Nc2nc(C)cc(C)n2)cc([C@H]2CN(C(=O)c3ccc(=O)n(C)c3)CCO2)n1. The van der Waals surface area contributed by atoms with Crippen LogP contribution in [0.3, 0.4) is 0 Å². The molecular weight excluding hydrogens is 408 g/mol. The van der Waals surface area contributed by atoms with Crippen LogP contribution in [0.2, 0.25) is 0 Å². The van der Waals surface area contributed by atoms with Crippen molar-refractivity contribution in [3.05, 3.63) is 75.2 Å². The fraction of sp³-hybridized carbons (Fsp3) is 0.348. The van der Waals surface area contributed by atoms with Crippen LogP contribution < -0.4 is 10.9 Å². The Morgan fingerprint density at radius 1 is 1.06 bits per heavy atom. The van der Waals surface area contributed by atoms with Crippen molar-refractivity contribution < 1.29 is 9.53 Å². The number of rotatable bonds is 4. The Hall–Kier alpha value is -3.59.